The van der Waals surface area contributed by atoms with E-state index < -0.39 is 0 Å². The fourth-order valence-electron chi connectivity index (χ4n) is 3.07. The second-order valence-corrected chi connectivity index (χ2v) is 5.71. The normalized spacial score (nSPS) is 18.5. The molecule has 1 saturated heterocycles. The smallest absolute Gasteiger partial charge is 0.272 e. The number of carbonyl (C=O) groups excluding carboxylic acids is 1. The van der Waals surface area contributed by atoms with E-state index in [-0.39, 0.29) is 5.91 Å². The van der Waals surface area contributed by atoms with Crippen LogP contribution in [0.5, 0.6) is 0 Å². The minimum atomic E-state index is 0.0868. The minimum absolute atomic E-state index is 0.0868. The molecule has 0 spiro atoms. The van der Waals surface area contributed by atoms with Crippen molar-refractivity contribution in [1.29, 1.82) is 0 Å². The molecule has 21 heavy (non-hydrogen) atoms. The molecule has 1 aromatic heterocycles. The van der Waals surface area contributed by atoms with Gasteiger partial charge in [0.25, 0.3) is 5.91 Å². The van der Waals surface area contributed by atoms with Gasteiger partial charge in [0.05, 0.1) is 12.5 Å². The summed E-state index contributed by atoms with van der Waals surface area (Å²) in [6, 6.07) is 0.543. The highest BCUT2D eigenvalue weighted by atomic mass is 16.2. The number of amides is 1. The lowest BCUT2D eigenvalue weighted by Gasteiger charge is -2.29. The molecule has 0 aliphatic carbocycles. The maximum absolute atomic E-state index is 12.5. The Labute approximate surface area is 126 Å². The topological polar surface area (TPSA) is 67.4 Å². The van der Waals surface area contributed by atoms with Gasteiger partial charge in [0, 0.05) is 39.3 Å². The second-order valence-electron chi connectivity index (χ2n) is 5.71. The number of rotatable bonds is 5. The molecule has 118 valence electrons. The third-order valence-electron chi connectivity index (χ3n) is 4.34. The molecule has 1 aromatic rings. The molecule has 1 amide bonds. The van der Waals surface area contributed by atoms with Crippen molar-refractivity contribution in [3.8, 4) is 0 Å². The highest BCUT2D eigenvalue weighted by Crippen LogP contribution is 2.14. The van der Waals surface area contributed by atoms with Gasteiger partial charge in [0.2, 0.25) is 0 Å². The van der Waals surface area contributed by atoms with E-state index in [2.05, 4.69) is 16.8 Å². The molecule has 2 heterocycles. The van der Waals surface area contributed by atoms with Crippen molar-refractivity contribution in [3.05, 3.63) is 18.2 Å². The van der Waals surface area contributed by atoms with Crippen LogP contribution in [-0.4, -0.2) is 64.0 Å². The van der Waals surface area contributed by atoms with Gasteiger partial charge < -0.3 is 15.2 Å². The molecule has 1 unspecified atom stereocenters. The quantitative estimate of drug-likeness (QED) is 0.867. The molecule has 1 aliphatic rings. The SMILES string of the molecule is CCC(CCN)N1CCCN(C(=O)c2cncn2C)CC1. The molecule has 0 radical (unpaired) electrons. The molecule has 6 nitrogen and oxygen atoms in total. The zero-order valence-electron chi connectivity index (χ0n) is 13.2. The summed E-state index contributed by atoms with van der Waals surface area (Å²) in [5, 5.41) is 0. The van der Waals surface area contributed by atoms with Crippen LogP contribution in [0.4, 0.5) is 0 Å². The van der Waals surface area contributed by atoms with Gasteiger partial charge >= 0.3 is 0 Å². The Hall–Kier alpha value is -1.40. The average molecular weight is 293 g/mol. The average Bonchev–Trinajstić information content (AvgIpc) is 2.76. The fourth-order valence-corrected chi connectivity index (χ4v) is 3.07. The first-order valence-corrected chi connectivity index (χ1v) is 7.87. The summed E-state index contributed by atoms with van der Waals surface area (Å²) in [7, 11) is 1.86. The largest absolute Gasteiger partial charge is 0.336 e. The zero-order valence-corrected chi connectivity index (χ0v) is 13.2. The Bertz CT molecular complexity index is 459. The van der Waals surface area contributed by atoms with Gasteiger partial charge in [-0.3, -0.25) is 9.69 Å². The van der Waals surface area contributed by atoms with Gasteiger partial charge in [-0.2, -0.15) is 0 Å². The summed E-state index contributed by atoms with van der Waals surface area (Å²) in [5.74, 6) is 0.0868. The van der Waals surface area contributed by atoms with Crippen LogP contribution in [0, 0.1) is 0 Å². The Kier molecular flexibility index (Phi) is 5.76. The molecule has 2 N–H and O–H groups in total. The van der Waals surface area contributed by atoms with Crippen LogP contribution in [0.15, 0.2) is 12.5 Å². The van der Waals surface area contributed by atoms with Gasteiger partial charge in [-0.1, -0.05) is 6.92 Å². The Morgan fingerprint density at radius 2 is 2.19 bits per heavy atom. The van der Waals surface area contributed by atoms with Crippen LogP contribution in [0.3, 0.4) is 0 Å². The fraction of sp³-hybridized carbons (Fsp3) is 0.733. The number of aryl methyl sites for hydroxylation is 1. The van der Waals surface area contributed by atoms with E-state index in [0.717, 1.165) is 52.0 Å². The van der Waals surface area contributed by atoms with Crippen molar-refractivity contribution in [3.63, 3.8) is 0 Å². The van der Waals surface area contributed by atoms with Crippen molar-refractivity contribution in [2.24, 2.45) is 12.8 Å². The highest BCUT2D eigenvalue weighted by Gasteiger charge is 2.24. The van der Waals surface area contributed by atoms with Crippen molar-refractivity contribution in [1.82, 2.24) is 19.4 Å². The summed E-state index contributed by atoms with van der Waals surface area (Å²) in [6.07, 6.45) is 6.49. The summed E-state index contributed by atoms with van der Waals surface area (Å²) in [5.41, 5.74) is 6.37. The zero-order chi connectivity index (χ0) is 15.2. The van der Waals surface area contributed by atoms with Crippen LogP contribution in [0.25, 0.3) is 0 Å². The maximum atomic E-state index is 12.5. The van der Waals surface area contributed by atoms with E-state index in [1.807, 2.05) is 11.9 Å². The molecule has 0 saturated carbocycles. The van der Waals surface area contributed by atoms with E-state index in [9.17, 15) is 4.79 Å². The monoisotopic (exact) mass is 293 g/mol. The number of hydrogen-bond acceptors (Lipinski definition) is 4. The van der Waals surface area contributed by atoms with Gasteiger partial charge in [-0.05, 0) is 25.8 Å². The van der Waals surface area contributed by atoms with Crippen molar-refractivity contribution in [2.75, 3.05) is 32.7 Å². The van der Waals surface area contributed by atoms with Gasteiger partial charge in [0.1, 0.15) is 5.69 Å². The van der Waals surface area contributed by atoms with E-state index >= 15 is 0 Å². The number of imidazole rings is 1. The lowest BCUT2D eigenvalue weighted by atomic mass is 10.1. The highest BCUT2D eigenvalue weighted by molar-refractivity contribution is 5.92. The molecular formula is C15H27N5O. The number of aromatic nitrogens is 2. The first-order chi connectivity index (χ1) is 10.2. The third-order valence-corrected chi connectivity index (χ3v) is 4.34. The lowest BCUT2D eigenvalue weighted by Crippen LogP contribution is -2.40. The van der Waals surface area contributed by atoms with Crippen molar-refractivity contribution >= 4 is 5.91 Å². The van der Waals surface area contributed by atoms with Crippen LogP contribution < -0.4 is 5.73 Å². The minimum Gasteiger partial charge on any atom is -0.336 e. The molecule has 1 atom stereocenters. The summed E-state index contributed by atoms with van der Waals surface area (Å²) < 4.78 is 1.79. The standard InChI is InChI=1S/C15H27N5O/c1-3-13(5-6-16)19-7-4-8-20(10-9-19)15(21)14-11-17-12-18(14)2/h11-13H,3-10,16H2,1-2H3. The second kappa shape index (κ2) is 7.56. The Morgan fingerprint density at radius 3 is 2.81 bits per heavy atom. The molecular weight excluding hydrogens is 266 g/mol. The number of hydrogen-bond donors (Lipinski definition) is 1. The van der Waals surface area contributed by atoms with E-state index in [1.54, 1.807) is 17.1 Å². The third kappa shape index (κ3) is 3.83. The number of nitrogens with two attached hydrogens (primary N) is 1. The van der Waals surface area contributed by atoms with Crippen LogP contribution in [0.2, 0.25) is 0 Å². The molecule has 1 aliphatic heterocycles. The van der Waals surface area contributed by atoms with Crippen molar-refractivity contribution < 1.29 is 4.79 Å². The summed E-state index contributed by atoms with van der Waals surface area (Å²) in [6.45, 7) is 6.52. The summed E-state index contributed by atoms with van der Waals surface area (Å²) in [4.78, 5) is 21.0. The molecule has 0 aromatic carbocycles. The van der Waals surface area contributed by atoms with Crippen molar-refractivity contribution in [2.45, 2.75) is 32.2 Å². The predicted octanol–water partition coefficient (Wildman–Crippen LogP) is 0.695. The number of nitrogens with zero attached hydrogens (tertiary/aromatic N) is 4. The van der Waals surface area contributed by atoms with Crippen LogP contribution >= 0.6 is 0 Å². The van der Waals surface area contributed by atoms with Gasteiger partial charge in [-0.15, -0.1) is 0 Å². The first kappa shape index (κ1) is 16.0. The molecule has 6 heteroatoms. The molecule has 2 rings (SSSR count). The Balaban J connectivity index is 1.97. The first-order valence-electron chi connectivity index (χ1n) is 7.87. The van der Waals surface area contributed by atoms with Gasteiger partial charge in [0.15, 0.2) is 0 Å². The van der Waals surface area contributed by atoms with Crippen LogP contribution in [0.1, 0.15) is 36.7 Å². The lowest BCUT2D eigenvalue weighted by molar-refractivity contribution is 0.0747. The van der Waals surface area contributed by atoms with E-state index in [0.29, 0.717) is 11.7 Å². The Morgan fingerprint density at radius 1 is 1.38 bits per heavy atom. The summed E-state index contributed by atoms with van der Waals surface area (Å²) >= 11 is 0. The van der Waals surface area contributed by atoms with Gasteiger partial charge in [-0.25, -0.2) is 4.98 Å². The number of carbonyl (C=O) groups is 1. The van der Waals surface area contributed by atoms with Crippen LogP contribution in [-0.2, 0) is 7.05 Å². The maximum Gasteiger partial charge on any atom is 0.272 e. The molecule has 1 fully saturated rings. The molecule has 0 bridgehead atoms. The predicted molar refractivity (Wildman–Crippen MR) is 83.1 cm³/mol. The van der Waals surface area contributed by atoms with E-state index in [1.165, 1.54) is 0 Å². The van der Waals surface area contributed by atoms with E-state index in [4.69, 9.17) is 5.73 Å².